The van der Waals surface area contributed by atoms with Gasteiger partial charge < -0.3 is 14.8 Å². The molecule has 29 heavy (non-hydrogen) atoms. The number of hydrogen-bond acceptors (Lipinski definition) is 7. The van der Waals surface area contributed by atoms with Gasteiger partial charge >= 0.3 is 0 Å². The average molecular weight is 426 g/mol. The van der Waals surface area contributed by atoms with Gasteiger partial charge in [-0.25, -0.2) is 4.98 Å². The van der Waals surface area contributed by atoms with Crippen molar-refractivity contribution in [1.82, 2.24) is 10.3 Å². The van der Waals surface area contributed by atoms with Crippen LogP contribution in [-0.2, 0) is 11.2 Å². The number of aromatic nitrogens is 1. The highest BCUT2D eigenvalue weighted by Gasteiger charge is 2.11. The number of benzene rings is 1. The molecule has 0 radical (unpaired) electrons. The van der Waals surface area contributed by atoms with Gasteiger partial charge in [0.1, 0.15) is 16.6 Å². The smallest absolute Gasteiger partial charge is 0.262 e. The Balaban J connectivity index is 1.60. The molecule has 0 saturated carbocycles. The number of carbonyl (C=O) groups excluding carboxylic acids is 1. The number of ether oxygens (including phenoxy) is 2. The second-order valence-corrected chi connectivity index (χ2v) is 7.73. The molecule has 2 heterocycles. The number of hydrogen-bond donors (Lipinski definition) is 1. The van der Waals surface area contributed by atoms with Gasteiger partial charge in [0.2, 0.25) is 0 Å². The fraction of sp³-hybridized carbons (Fsp3) is 0.190. The monoisotopic (exact) mass is 425 g/mol. The number of amides is 1. The number of nitrogens with zero attached hydrogens (tertiary/aromatic N) is 2. The molecule has 1 N–H and O–H groups in total. The van der Waals surface area contributed by atoms with Crippen molar-refractivity contribution < 1.29 is 14.3 Å². The van der Waals surface area contributed by atoms with Crippen LogP contribution in [0.15, 0.2) is 46.7 Å². The number of rotatable bonds is 8. The molecule has 148 valence electrons. The first kappa shape index (κ1) is 20.6. The van der Waals surface area contributed by atoms with E-state index in [2.05, 4.69) is 10.3 Å². The summed E-state index contributed by atoms with van der Waals surface area (Å²) in [6.45, 7) is 0.394. The minimum absolute atomic E-state index is 0.0281. The number of nitrogens with one attached hydrogen (secondary N) is 1. The van der Waals surface area contributed by atoms with Crippen molar-refractivity contribution in [3.05, 3.63) is 57.9 Å². The minimum atomic E-state index is -0.418. The maximum absolute atomic E-state index is 12.4. The molecule has 0 spiro atoms. The standard InChI is InChI=1S/C21H19N3O3S2/c1-26-17-6-5-14(10-18(17)27-2)7-8-23-20(25)15(12-22)11-16-13-29-21(24-16)19-4-3-9-28-19/h3-6,9-11,13H,7-8H2,1-2H3,(H,23,25)/b15-11+. The van der Waals surface area contributed by atoms with E-state index in [-0.39, 0.29) is 5.57 Å². The highest BCUT2D eigenvalue weighted by molar-refractivity contribution is 7.20. The third-order valence-electron chi connectivity index (χ3n) is 4.06. The third-order valence-corrected chi connectivity index (χ3v) is 5.96. The first-order valence-corrected chi connectivity index (χ1v) is 10.5. The van der Waals surface area contributed by atoms with Crippen molar-refractivity contribution >= 4 is 34.7 Å². The molecular weight excluding hydrogens is 406 g/mol. The summed E-state index contributed by atoms with van der Waals surface area (Å²) >= 11 is 3.08. The van der Waals surface area contributed by atoms with Gasteiger partial charge in [0.05, 0.1) is 24.8 Å². The van der Waals surface area contributed by atoms with Crippen molar-refractivity contribution in [2.24, 2.45) is 0 Å². The largest absolute Gasteiger partial charge is 0.493 e. The van der Waals surface area contributed by atoms with Gasteiger partial charge in [-0.05, 0) is 41.6 Å². The Morgan fingerprint density at radius 3 is 2.76 bits per heavy atom. The molecule has 3 rings (SSSR count). The van der Waals surface area contributed by atoms with Crippen LogP contribution in [0, 0.1) is 11.3 Å². The van der Waals surface area contributed by atoms with Crippen molar-refractivity contribution in [2.75, 3.05) is 20.8 Å². The summed E-state index contributed by atoms with van der Waals surface area (Å²) < 4.78 is 10.5. The summed E-state index contributed by atoms with van der Waals surface area (Å²) in [5.41, 5.74) is 1.62. The zero-order valence-electron chi connectivity index (χ0n) is 16.0. The van der Waals surface area contributed by atoms with Gasteiger partial charge in [0, 0.05) is 11.9 Å². The van der Waals surface area contributed by atoms with Crippen molar-refractivity contribution in [3.8, 4) is 27.5 Å². The summed E-state index contributed by atoms with van der Waals surface area (Å²) in [5.74, 6) is 0.873. The number of carbonyl (C=O) groups is 1. The van der Waals surface area contributed by atoms with Gasteiger partial charge in [-0.2, -0.15) is 5.26 Å². The predicted molar refractivity (Wildman–Crippen MR) is 115 cm³/mol. The van der Waals surface area contributed by atoms with E-state index in [1.165, 1.54) is 17.4 Å². The summed E-state index contributed by atoms with van der Waals surface area (Å²) in [7, 11) is 3.16. The Morgan fingerprint density at radius 1 is 1.24 bits per heavy atom. The third kappa shape index (κ3) is 5.22. The quantitative estimate of drug-likeness (QED) is 0.433. The molecule has 1 amide bonds. The second kappa shape index (κ2) is 9.87. The van der Waals surface area contributed by atoms with Gasteiger partial charge in [-0.15, -0.1) is 22.7 Å². The topological polar surface area (TPSA) is 84.2 Å². The van der Waals surface area contributed by atoms with Gasteiger partial charge in [-0.1, -0.05) is 12.1 Å². The van der Waals surface area contributed by atoms with E-state index in [1.807, 2.05) is 47.2 Å². The molecular formula is C21H19N3O3S2. The maximum atomic E-state index is 12.4. The Morgan fingerprint density at radius 2 is 2.07 bits per heavy atom. The first-order chi connectivity index (χ1) is 14.1. The average Bonchev–Trinajstić information content (AvgIpc) is 3.43. The zero-order valence-corrected chi connectivity index (χ0v) is 17.6. The molecule has 0 aliphatic carbocycles. The molecule has 0 unspecified atom stereocenters. The molecule has 8 heteroatoms. The lowest BCUT2D eigenvalue weighted by atomic mass is 10.1. The molecule has 0 bridgehead atoms. The van der Waals surface area contributed by atoms with Crippen molar-refractivity contribution in [1.29, 1.82) is 5.26 Å². The van der Waals surface area contributed by atoms with Crippen LogP contribution < -0.4 is 14.8 Å². The molecule has 0 aliphatic heterocycles. The summed E-state index contributed by atoms with van der Waals surface area (Å²) in [6.07, 6.45) is 2.11. The van der Waals surface area contributed by atoms with Crippen LogP contribution in [-0.4, -0.2) is 31.7 Å². The summed E-state index contributed by atoms with van der Waals surface area (Å²) in [4.78, 5) is 17.9. The minimum Gasteiger partial charge on any atom is -0.493 e. The lowest BCUT2D eigenvalue weighted by molar-refractivity contribution is -0.117. The predicted octanol–water partition coefficient (Wildman–Crippen LogP) is 4.15. The molecule has 0 fully saturated rings. The van der Waals surface area contributed by atoms with E-state index < -0.39 is 5.91 Å². The van der Waals surface area contributed by atoms with Crippen LogP contribution in [0.25, 0.3) is 16.0 Å². The van der Waals surface area contributed by atoms with Gasteiger partial charge in [0.15, 0.2) is 11.5 Å². The fourth-order valence-corrected chi connectivity index (χ4v) is 4.21. The van der Waals surface area contributed by atoms with E-state index in [9.17, 15) is 10.1 Å². The molecule has 1 aromatic carbocycles. The molecule has 3 aromatic rings. The van der Waals surface area contributed by atoms with Crippen molar-refractivity contribution in [2.45, 2.75) is 6.42 Å². The summed E-state index contributed by atoms with van der Waals surface area (Å²) in [5, 5.41) is 16.8. The molecule has 0 atom stereocenters. The molecule has 6 nitrogen and oxygen atoms in total. The second-order valence-electron chi connectivity index (χ2n) is 5.92. The molecule has 2 aromatic heterocycles. The fourth-order valence-electron chi connectivity index (χ4n) is 2.61. The van der Waals surface area contributed by atoms with Crippen LogP contribution in [0.4, 0.5) is 0 Å². The van der Waals surface area contributed by atoms with Crippen LogP contribution in [0.2, 0.25) is 0 Å². The zero-order chi connectivity index (χ0) is 20.6. The van der Waals surface area contributed by atoms with Crippen LogP contribution in [0.5, 0.6) is 11.5 Å². The highest BCUT2D eigenvalue weighted by Crippen LogP contribution is 2.29. The van der Waals surface area contributed by atoms with E-state index in [1.54, 1.807) is 25.6 Å². The first-order valence-electron chi connectivity index (χ1n) is 8.75. The Bertz CT molecular complexity index is 1050. The normalized spacial score (nSPS) is 11.0. The van der Waals surface area contributed by atoms with Crippen LogP contribution in [0.1, 0.15) is 11.3 Å². The molecule has 0 aliphatic rings. The number of thiazole rings is 1. The van der Waals surface area contributed by atoms with E-state index in [0.717, 1.165) is 15.4 Å². The lowest BCUT2D eigenvalue weighted by Gasteiger charge is -2.10. The van der Waals surface area contributed by atoms with Crippen LogP contribution in [0.3, 0.4) is 0 Å². The SMILES string of the molecule is COc1ccc(CCNC(=O)/C(C#N)=C/c2csc(-c3cccs3)n2)cc1OC. The van der Waals surface area contributed by atoms with E-state index in [4.69, 9.17) is 9.47 Å². The van der Waals surface area contributed by atoms with E-state index in [0.29, 0.717) is 30.2 Å². The number of methoxy groups -OCH3 is 2. The van der Waals surface area contributed by atoms with Crippen LogP contribution >= 0.6 is 22.7 Å². The summed E-state index contributed by atoms with van der Waals surface area (Å²) in [6, 6.07) is 11.5. The maximum Gasteiger partial charge on any atom is 0.262 e. The van der Waals surface area contributed by atoms with E-state index >= 15 is 0 Å². The van der Waals surface area contributed by atoms with Gasteiger partial charge in [-0.3, -0.25) is 4.79 Å². The highest BCUT2D eigenvalue weighted by atomic mass is 32.1. The Kier molecular flexibility index (Phi) is 7.00. The Labute approximate surface area is 177 Å². The van der Waals surface area contributed by atoms with Gasteiger partial charge in [0.25, 0.3) is 5.91 Å². The number of nitriles is 1. The van der Waals surface area contributed by atoms with Crippen molar-refractivity contribution in [3.63, 3.8) is 0 Å². The number of thiophene rings is 1. The Hall–Kier alpha value is -3.15. The molecule has 0 saturated heterocycles. The lowest BCUT2D eigenvalue weighted by Crippen LogP contribution is -2.26.